The summed E-state index contributed by atoms with van der Waals surface area (Å²) >= 11 is 7.41. The lowest BCUT2D eigenvalue weighted by Gasteiger charge is -2.15. The molecule has 3 rings (SSSR count). The smallest absolute Gasteiger partial charge is 0.307 e. The standard InChI is InChI=1S/C18H15ClN4O3S/c1-12(22-11-14(10-20-22)23(25)26)18(24)21-16-4-2-3-5-17(16)27-15-8-6-13(19)7-9-15/h2-12H,1H3,(H,21,24). The summed E-state index contributed by atoms with van der Waals surface area (Å²) < 4.78 is 1.27. The number of hydrogen-bond donors (Lipinski definition) is 1. The van der Waals surface area contributed by atoms with E-state index in [1.807, 2.05) is 30.3 Å². The summed E-state index contributed by atoms with van der Waals surface area (Å²) in [5.74, 6) is -0.322. The Morgan fingerprint density at radius 2 is 1.96 bits per heavy atom. The Morgan fingerprint density at radius 3 is 2.63 bits per heavy atom. The van der Waals surface area contributed by atoms with Gasteiger partial charge in [0.1, 0.15) is 18.4 Å². The number of carbonyl (C=O) groups is 1. The van der Waals surface area contributed by atoms with Gasteiger partial charge in [-0.3, -0.25) is 19.6 Å². The zero-order chi connectivity index (χ0) is 19.4. The van der Waals surface area contributed by atoms with Crippen molar-refractivity contribution >= 4 is 40.6 Å². The molecule has 0 aliphatic heterocycles. The maximum absolute atomic E-state index is 12.6. The van der Waals surface area contributed by atoms with E-state index < -0.39 is 11.0 Å². The van der Waals surface area contributed by atoms with Crippen molar-refractivity contribution in [2.75, 3.05) is 5.32 Å². The number of amides is 1. The van der Waals surface area contributed by atoms with E-state index in [1.165, 1.54) is 22.6 Å². The zero-order valence-corrected chi connectivity index (χ0v) is 15.8. The Labute approximate surface area is 164 Å². The fourth-order valence-electron chi connectivity index (χ4n) is 2.28. The van der Waals surface area contributed by atoms with Crippen LogP contribution in [0.25, 0.3) is 0 Å². The molecule has 27 heavy (non-hydrogen) atoms. The molecule has 1 unspecified atom stereocenters. The SMILES string of the molecule is CC(C(=O)Nc1ccccc1Sc1ccc(Cl)cc1)n1cc([N+](=O)[O-])cn1. The molecule has 0 radical (unpaired) electrons. The minimum Gasteiger partial charge on any atom is -0.323 e. The topological polar surface area (TPSA) is 90.1 Å². The number of anilines is 1. The molecule has 1 heterocycles. The number of aromatic nitrogens is 2. The summed E-state index contributed by atoms with van der Waals surface area (Å²) in [6, 6.07) is 14.1. The highest BCUT2D eigenvalue weighted by Gasteiger charge is 2.20. The number of nitrogens with one attached hydrogen (secondary N) is 1. The van der Waals surface area contributed by atoms with Gasteiger partial charge in [-0.25, -0.2) is 0 Å². The van der Waals surface area contributed by atoms with Gasteiger partial charge in [-0.15, -0.1) is 0 Å². The van der Waals surface area contributed by atoms with Gasteiger partial charge in [-0.05, 0) is 43.3 Å². The Hall–Kier alpha value is -2.84. The van der Waals surface area contributed by atoms with Gasteiger partial charge < -0.3 is 5.32 Å². The van der Waals surface area contributed by atoms with Crippen molar-refractivity contribution in [1.82, 2.24) is 9.78 Å². The molecule has 7 nitrogen and oxygen atoms in total. The maximum Gasteiger partial charge on any atom is 0.307 e. The average Bonchev–Trinajstić information content (AvgIpc) is 3.15. The van der Waals surface area contributed by atoms with Crippen LogP contribution in [-0.4, -0.2) is 20.6 Å². The molecule has 0 saturated heterocycles. The third-order valence-electron chi connectivity index (χ3n) is 3.76. The van der Waals surface area contributed by atoms with E-state index in [-0.39, 0.29) is 11.6 Å². The molecule has 2 aromatic carbocycles. The molecule has 0 aliphatic carbocycles. The number of nitrogens with zero attached hydrogens (tertiary/aromatic N) is 3. The molecule has 0 aliphatic rings. The molecular weight excluding hydrogens is 388 g/mol. The van der Waals surface area contributed by atoms with Gasteiger partial charge in [0.25, 0.3) is 0 Å². The Bertz CT molecular complexity index is 975. The summed E-state index contributed by atoms with van der Waals surface area (Å²) in [6.07, 6.45) is 2.35. The van der Waals surface area contributed by atoms with Gasteiger partial charge in [0.05, 0.1) is 10.6 Å². The quantitative estimate of drug-likeness (QED) is 0.472. The minimum absolute atomic E-state index is 0.159. The molecule has 0 saturated carbocycles. The lowest BCUT2D eigenvalue weighted by atomic mass is 10.2. The van der Waals surface area contributed by atoms with E-state index in [4.69, 9.17) is 11.6 Å². The van der Waals surface area contributed by atoms with E-state index in [9.17, 15) is 14.9 Å². The first-order chi connectivity index (χ1) is 12.9. The fourth-order valence-corrected chi connectivity index (χ4v) is 3.31. The van der Waals surface area contributed by atoms with Crippen molar-refractivity contribution in [3.05, 3.63) is 76.1 Å². The summed E-state index contributed by atoms with van der Waals surface area (Å²) in [6.45, 7) is 1.63. The van der Waals surface area contributed by atoms with Gasteiger partial charge in [-0.2, -0.15) is 5.10 Å². The van der Waals surface area contributed by atoms with Crippen LogP contribution in [-0.2, 0) is 4.79 Å². The Kier molecular flexibility index (Phi) is 5.78. The molecular formula is C18H15ClN4O3S. The molecule has 1 aromatic heterocycles. The maximum atomic E-state index is 12.6. The number of hydrogen-bond acceptors (Lipinski definition) is 5. The van der Waals surface area contributed by atoms with Crippen LogP contribution in [0.3, 0.4) is 0 Å². The molecule has 1 amide bonds. The molecule has 138 valence electrons. The van der Waals surface area contributed by atoms with Crippen molar-refractivity contribution in [2.45, 2.75) is 22.8 Å². The summed E-state index contributed by atoms with van der Waals surface area (Å²) in [5, 5.41) is 18.2. The Balaban J connectivity index is 1.75. The van der Waals surface area contributed by atoms with Gasteiger partial charge in [0.15, 0.2) is 0 Å². The molecule has 0 bridgehead atoms. The van der Waals surface area contributed by atoms with Crippen molar-refractivity contribution in [2.24, 2.45) is 0 Å². The third-order valence-corrected chi connectivity index (χ3v) is 5.10. The molecule has 9 heteroatoms. The van der Waals surface area contributed by atoms with Crippen molar-refractivity contribution < 1.29 is 9.72 Å². The normalized spacial score (nSPS) is 11.8. The fraction of sp³-hybridized carbons (Fsp3) is 0.111. The van der Waals surface area contributed by atoms with Crippen molar-refractivity contribution in [3.8, 4) is 0 Å². The molecule has 0 spiro atoms. The van der Waals surface area contributed by atoms with Crippen LogP contribution in [0.5, 0.6) is 0 Å². The van der Waals surface area contributed by atoms with Crippen LogP contribution >= 0.6 is 23.4 Å². The molecule has 0 fully saturated rings. The average molecular weight is 403 g/mol. The van der Waals surface area contributed by atoms with E-state index in [0.717, 1.165) is 16.0 Å². The largest absolute Gasteiger partial charge is 0.323 e. The van der Waals surface area contributed by atoms with Crippen LogP contribution in [0.2, 0.25) is 5.02 Å². The van der Waals surface area contributed by atoms with Crippen LogP contribution in [0, 0.1) is 10.1 Å². The lowest BCUT2D eigenvalue weighted by molar-refractivity contribution is -0.385. The van der Waals surface area contributed by atoms with Gasteiger partial charge in [-0.1, -0.05) is 35.5 Å². The second-order valence-corrected chi connectivity index (χ2v) is 7.20. The summed E-state index contributed by atoms with van der Waals surface area (Å²) in [5.41, 5.74) is 0.490. The second kappa shape index (κ2) is 8.24. The highest BCUT2D eigenvalue weighted by molar-refractivity contribution is 7.99. The first kappa shape index (κ1) is 18.9. The Morgan fingerprint density at radius 1 is 1.26 bits per heavy atom. The monoisotopic (exact) mass is 402 g/mol. The molecule has 1 atom stereocenters. The van der Waals surface area contributed by atoms with Crippen LogP contribution in [0.1, 0.15) is 13.0 Å². The molecule has 1 N–H and O–H groups in total. The van der Waals surface area contributed by atoms with E-state index in [2.05, 4.69) is 10.4 Å². The highest BCUT2D eigenvalue weighted by Crippen LogP contribution is 2.34. The second-order valence-electron chi connectivity index (χ2n) is 5.65. The number of rotatable bonds is 6. The van der Waals surface area contributed by atoms with Crippen LogP contribution < -0.4 is 5.32 Å². The lowest BCUT2D eigenvalue weighted by Crippen LogP contribution is -2.24. The predicted molar refractivity (Wildman–Crippen MR) is 104 cm³/mol. The number of para-hydroxylation sites is 1. The predicted octanol–water partition coefficient (Wildman–Crippen LogP) is 4.80. The first-order valence-electron chi connectivity index (χ1n) is 7.96. The molecule has 3 aromatic rings. The van der Waals surface area contributed by atoms with E-state index >= 15 is 0 Å². The summed E-state index contributed by atoms with van der Waals surface area (Å²) in [4.78, 5) is 24.7. The van der Waals surface area contributed by atoms with Gasteiger partial charge in [0, 0.05) is 14.8 Å². The number of carbonyl (C=O) groups excluding carboxylic acids is 1. The van der Waals surface area contributed by atoms with Crippen LogP contribution in [0.4, 0.5) is 11.4 Å². The van der Waals surface area contributed by atoms with E-state index in [1.54, 1.807) is 25.1 Å². The zero-order valence-electron chi connectivity index (χ0n) is 14.2. The minimum atomic E-state index is -0.702. The van der Waals surface area contributed by atoms with Crippen molar-refractivity contribution in [3.63, 3.8) is 0 Å². The number of halogens is 1. The number of benzene rings is 2. The highest BCUT2D eigenvalue weighted by atomic mass is 35.5. The van der Waals surface area contributed by atoms with Gasteiger partial charge >= 0.3 is 5.69 Å². The van der Waals surface area contributed by atoms with Gasteiger partial charge in [0.2, 0.25) is 5.91 Å². The van der Waals surface area contributed by atoms with Crippen LogP contribution in [0.15, 0.2) is 70.7 Å². The van der Waals surface area contributed by atoms with E-state index in [0.29, 0.717) is 10.7 Å². The number of nitro groups is 1. The van der Waals surface area contributed by atoms with Crippen molar-refractivity contribution in [1.29, 1.82) is 0 Å². The summed E-state index contributed by atoms with van der Waals surface area (Å²) in [7, 11) is 0. The third kappa shape index (κ3) is 4.66. The first-order valence-corrected chi connectivity index (χ1v) is 9.15.